The van der Waals surface area contributed by atoms with Gasteiger partial charge in [-0.25, -0.2) is 0 Å². The third kappa shape index (κ3) is 7.56. The molecule has 1 rings (SSSR count). The summed E-state index contributed by atoms with van der Waals surface area (Å²) in [6.45, 7) is 3.50. The zero-order valence-electron chi connectivity index (χ0n) is 16.7. The number of nitrogens with two attached hydrogens (primary N) is 2. The summed E-state index contributed by atoms with van der Waals surface area (Å²) in [6, 6.07) is -3.58. The molecule has 29 heavy (non-hydrogen) atoms. The van der Waals surface area contributed by atoms with Crippen LogP contribution in [-0.2, 0) is 19.2 Å². The molecule has 1 aliphatic heterocycles. The average molecular weight is 413 g/mol. The van der Waals surface area contributed by atoms with Gasteiger partial charge in [0.25, 0.3) is 0 Å². The van der Waals surface area contributed by atoms with Crippen molar-refractivity contribution in [2.45, 2.75) is 63.7 Å². The second kappa shape index (κ2) is 11.2. The minimum Gasteiger partial charge on any atom is -0.480 e. The van der Waals surface area contributed by atoms with E-state index in [0.29, 0.717) is 32.4 Å². The molecule has 0 bridgehead atoms. The smallest absolute Gasteiger partial charge is 0.325 e. The Bertz CT molecular complexity index is 640. The van der Waals surface area contributed by atoms with Crippen LogP contribution in [0.4, 0.5) is 0 Å². The molecule has 9 N–H and O–H groups in total. The summed E-state index contributed by atoms with van der Waals surface area (Å²) < 4.78 is 0. The summed E-state index contributed by atoms with van der Waals surface area (Å²) in [6.07, 6.45) is 1.69. The first-order valence-electron chi connectivity index (χ1n) is 9.52. The number of nitrogens with one attached hydrogen (secondary N) is 4. The van der Waals surface area contributed by atoms with Gasteiger partial charge in [0.2, 0.25) is 17.7 Å². The predicted molar refractivity (Wildman–Crippen MR) is 105 cm³/mol. The van der Waals surface area contributed by atoms with Crippen LogP contribution in [0.2, 0.25) is 0 Å². The molecule has 164 valence electrons. The van der Waals surface area contributed by atoms with Gasteiger partial charge in [-0.15, -0.1) is 0 Å². The van der Waals surface area contributed by atoms with E-state index in [1.807, 2.05) is 0 Å². The lowest BCUT2D eigenvalue weighted by Gasteiger charge is -2.29. The molecule has 1 saturated heterocycles. The van der Waals surface area contributed by atoms with E-state index in [0.717, 1.165) is 0 Å². The fraction of sp³-hybridized carbons (Fsp3) is 0.706. The summed E-state index contributed by atoms with van der Waals surface area (Å²) in [4.78, 5) is 49.9. The number of carboxylic acid groups (broad SMARTS) is 1. The summed E-state index contributed by atoms with van der Waals surface area (Å²) in [5.41, 5.74) is 10.8. The average Bonchev–Trinajstić information content (AvgIpc) is 3.12. The van der Waals surface area contributed by atoms with Crippen LogP contribution >= 0.6 is 0 Å². The lowest BCUT2D eigenvalue weighted by Crippen LogP contribution is -2.56. The largest absolute Gasteiger partial charge is 0.480 e. The number of carbonyl (C=O) groups excluding carboxylic acids is 3. The van der Waals surface area contributed by atoms with Gasteiger partial charge in [-0.2, -0.15) is 0 Å². The summed E-state index contributed by atoms with van der Waals surface area (Å²) >= 11 is 0. The van der Waals surface area contributed by atoms with Crippen LogP contribution in [0, 0.1) is 5.41 Å². The molecule has 1 aliphatic rings. The van der Waals surface area contributed by atoms with Gasteiger partial charge in [0.05, 0.1) is 6.04 Å². The van der Waals surface area contributed by atoms with E-state index in [2.05, 4.69) is 16.0 Å². The number of guanidine groups is 1. The number of aliphatic carboxylic acids is 1. The van der Waals surface area contributed by atoms with Crippen LogP contribution in [0.1, 0.15) is 39.5 Å². The first-order chi connectivity index (χ1) is 13.5. The number of hydrogen-bond acceptors (Lipinski definition) is 6. The Morgan fingerprint density at radius 3 is 2.45 bits per heavy atom. The van der Waals surface area contributed by atoms with E-state index in [1.165, 1.54) is 18.7 Å². The molecule has 12 nitrogen and oxygen atoms in total. The number of hydrogen-bond donors (Lipinski definition) is 7. The molecular weight excluding hydrogens is 382 g/mol. The molecule has 12 heteroatoms. The van der Waals surface area contributed by atoms with Gasteiger partial charge in [0.1, 0.15) is 18.1 Å². The quantitative estimate of drug-likeness (QED) is 0.117. The molecule has 0 aromatic heterocycles. The Labute approximate surface area is 169 Å². The summed E-state index contributed by atoms with van der Waals surface area (Å²) in [5.74, 6) is -2.84. The molecule has 0 saturated carbocycles. The number of amides is 3. The topological polar surface area (TPSA) is 204 Å². The van der Waals surface area contributed by atoms with Crippen molar-refractivity contribution in [3.8, 4) is 0 Å². The number of carboxylic acids is 1. The number of nitrogens with zero attached hydrogens (tertiary/aromatic N) is 1. The minimum atomic E-state index is -1.17. The van der Waals surface area contributed by atoms with Crippen LogP contribution in [-0.4, -0.2) is 76.9 Å². The Morgan fingerprint density at radius 2 is 1.90 bits per heavy atom. The monoisotopic (exact) mass is 413 g/mol. The number of rotatable bonds is 10. The maximum absolute atomic E-state index is 13.1. The lowest BCUT2D eigenvalue weighted by molar-refractivity contribution is -0.144. The molecule has 4 atom stereocenters. The maximum atomic E-state index is 13.1. The molecule has 1 fully saturated rings. The van der Waals surface area contributed by atoms with Gasteiger partial charge >= 0.3 is 5.97 Å². The lowest BCUT2D eigenvalue weighted by atomic mass is 10.1. The van der Waals surface area contributed by atoms with Gasteiger partial charge in [-0.1, -0.05) is 0 Å². The zero-order valence-corrected chi connectivity index (χ0v) is 16.7. The van der Waals surface area contributed by atoms with Crippen molar-refractivity contribution in [1.82, 2.24) is 20.9 Å². The highest BCUT2D eigenvalue weighted by molar-refractivity contribution is 5.94. The Balaban J connectivity index is 2.85. The van der Waals surface area contributed by atoms with Crippen LogP contribution < -0.4 is 27.4 Å². The van der Waals surface area contributed by atoms with E-state index in [1.54, 1.807) is 0 Å². The van der Waals surface area contributed by atoms with Crippen LogP contribution in [0.15, 0.2) is 0 Å². The normalized spacial score (nSPS) is 19.0. The molecule has 0 aromatic carbocycles. The van der Waals surface area contributed by atoms with Crippen molar-refractivity contribution in [1.29, 1.82) is 5.41 Å². The highest BCUT2D eigenvalue weighted by Gasteiger charge is 2.38. The second-order valence-corrected chi connectivity index (χ2v) is 7.09. The fourth-order valence-corrected chi connectivity index (χ4v) is 2.96. The Morgan fingerprint density at radius 1 is 1.24 bits per heavy atom. The van der Waals surface area contributed by atoms with Crippen molar-refractivity contribution in [3.63, 3.8) is 0 Å². The van der Waals surface area contributed by atoms with E-state index < -0.39 is 47.9 Å². The summed E-state index contributed by atoms with van der Waals surface area (Å²) in [7, 11) is 0. The van der Waals surface area contributed by atoms with Gasteiger partial charge in [0, 0.05) is 13.1 Å². The number of likely N-dealkylation sites (tertiary alicyclic amines) is 1. The molecular formula is C17H31N7O5. The Hall–Kier alpha value is -2.89. The molecule has 1 heterocycles. The van der Waals surface area contributed by atoms with E-state index in [4.69, 9.17) is 22.0 Å². The van der Waals surface area contributed by atoms with E-state index in [9.17, 15) is 19.2 Å². The van der Waals surface area contributed by atoms with Crippen molar-refractivity contribution < 1.29 is 24.3 Å². The third-order valence-electron chi connectivity index (χ3n) is 4.58. The predicted octanol–water partition coefficient (Wildman–Crippen LogP) is -2.34. The van der Waals surface area contributed by atoms with Gasteiger partial charge in [-0.05, 0) is 39.5 Å². The molecule has 0 radical (unpaired) electrons. The van der Waals surface area contributed by atoms with Crippen LogP contribution in [0.5, 0.6) is 0 Å². The van der Waals surface area contributed by atoms with Crippen molar-refractivity contribution in [2.24, 2.45) is 11.5 Å². The molecule has 0 spiro atoms. The highest BCUT2D eigenvalue weighted by Crippen LogP contribution is 2.20. The van der Waals surface area contributed by atoms with Crippen LogP contribution in [0.25, 0.3) is 0 Å². The second-order valence-electron chi connectivity index (χ2n) is 7.09. The summed E-state index contributed by atoms with van der Waals surface area (Å²) in [5, 5.41) is 23.7. The van der Waals surface area contributed by atoms with Crippen LogP contribution in [0.3, 0.4) is 0 Å². The Kier molecular flexibility index (Phi) is 9.32. The molecule has 0 aromatic rings. The van der Waals surface area contributed by atoms with Gasteiger partial charge in [0.15, 0.2) is 5.96 Å². The zero-order chi connectivity index (χ0) is 22.1. The minimum absolute atomic E-state index is 0.198. The van der Waals surface area contributed by atoms with Crippen molar-refractivity contribution in [2.75, 3.05) is 13.1 Å². The van der Waals surface area contributed by atoms with E-state index >= 15 is 0 Å². The maximum Gasteiger partial charge on any atom is 0.325 e. The first-order valence-corrected chi connectivity index (χ1v) is 9.52. The standard InChI is InChI=1S/C17H31N7O5/c1-9(18)13(25)23-11(5-3-7-21-17(19)20)15(27)24-8-4-6-12(24)14(26)22-10(2)16(28)29/h9-12H,3-8,18H2,1-2H3,(H,22,26)(H,23,25)(H,28,29)(H4,19,20,21)/t9-,10-,11-,12-/m0/s1. The van der Waals surface area contributed by atoms with Crippen molar-refractivity contribution in [3.05, 3.63) is 0 Å². The SMILES string of the molecule is C[C@H](N)C(=O)N[C@@H](CCCNC(=N)N)C(=O)N1CCC[C@H]1C(=O)N[C@@H](C)C(=O)O. The molecule has 0 unspecified atom stereocenters. The molecule has 0 aliphatic carbocycles. The van der Waals surface area contributed by atoms with Gasteiger partial charge in [-0.3, -0.25) is 24.6 Å². The third-order valence-corrected chi connectivity index (χ3v) is 4.58. The van der Waals surface area contributed by atoms with E-state index in [-0.39, 0.29) is 12.4 Å². The van der Waals surface area contributed by atoms with Gasteiger partial charge < -0.3 is 37.4 Å². The van der Waals surface area contributed by atoms with Crippen molar-refractivity contribution >= 4 is 29.7 Å². The number of carbonyl (C=O) groups is 4. The highest BCUT2D eigenvalue weighted by atomic mass is 16.4. The fourth-order valence-electron chi connectivity index (χ4n) is 2.96. The molecule has 3 amide bonds. The first kappa shape index (κ1) is 24.1.